The van der Waals surface area contributed by atoms with Crippen LogP contribution in [0.5, 0.6) is 5.75 Å². The van der Waals surface area contributed by atoms with Gasteiger partial charge in [-0.1, -0.05) is 6.07 Å². The number of anilines is 1. The first-order valence-corrected chi connectivity index (χ1v) is 8.50. The lowest BCUT2D eigenvalue weighted by atomic mass is 10.1. The quantitative estimate of drug-likeness (QED) is 0.793. The van der Waals surface area contributed by atoms with E-state index in [9.17, 15) is 14.4 Å². The maximum Gasteiger partial charge on any atom is 0.260 e. The van der Waals surface area contributed by atoms with E-state index in [4.69, 9.17) is 4.74 Å². The van der Waals surface area contributed by atoms with Crippen molar-refractivity contribution in [1.29, 1.82) is 0 Å². The van der Waals surface area contributed by atoms with Gasteiger partial charge in [0.2, 0.25) is 11.8 Å². The smallest absolute Gasteiger partial charge is 0.260 e. The van der Waals surface area contributed by atoms with Crippen LogP contribution in [-0.4, -0.2) is 80.9 Å². The predicted octanol–water partition coefficient (Wildman–Crippen LogP) is -0.0633. The van der Waals surface area contributed by atoms with E-state index in [0.717, 1.165) is 5.69 Å². The minimum Gasteiger partial charge on any atom is -0.484 e. The lowest BCUT2D eigenvalue weighted by Crippen LogP contribution is -2.61. The summed E-state index contributed by atoms with van der Waals surface area (Å²) in [6.07, 6.45) is 0. The van der Waals surface area contributed by atoms with Crippen molar-refractivity contribution in [3.05, 3.63) is 24.3 Å². The normalized spacial score (nSPS) is 16.8. The minimum absolute atomic E-state index is 0.114. The van der Waals surface area contributed by atoms with Crippen LogP contribution < -0.4 is 15.0 Å². The van der Waals surface area contributed by atoms with Gasteiger partial charge in [0.15, 0.2) is 6.61 Å². The summed E-state index contributed by atoms with van der Waals surface area (Å²) in [6.45, 7) is 2.19. The second-order valence-electron chi connectivity index (χ2n) is 6.36. The number of nitrogens with one attached hydrogen (secondary N) is 1. The minimum atomic E-state index is -0.674. The summed E-state index contributed by atoms with van der Waals surface area (Å²) in [7, 11) is 5.37. The van der Waals surface area contributed by atoms with Gasteiger partial charge in [-0.2, -0.15) is 0 Å². The Kier molecular flexibility index (Phi) is 6.43. The molecule has 1 N–H and O–H groups in total. The maximum absolute atomic E-state index is 12.5. The number of piperazine rings is 1. The van der Waals surface area contributed by atoms with Crippen LogP contribution in [0.4, 0.5) is 5.69 Å². The molecule has 1 heterocycles. The van der Waals surface area contributed by atoms with Gasteiger partial charge in [0, 0.05) is 52.9 Å². The molecule has 0 spiro atoms. The first-order valence-electron chi connectivity index (χ1n) is 8.50. The van der Waals surface area contributed by atoms with Gasteiger partial charge in [-0.15, -0.1) is 0 Å². The van der Waals surface area contributed by atoms with Crippen molar-refractivity contribution in [1.82, 2.24) is 15.1 Å². The molecule has 1 aliphatic heterocycles. The van der Waals surface area contributed by atoms with Gasteiger partial charge < -0.3 is 24.8 Å². The fourth-order valence-corrected chi connectivity index (χ4v) is 2.87. The zero-order valence-corrected chi connectivity index (χ0v) is 15.7. The summed E-state index contributed by atoms with van der Waals surface area (Å²) in [5, 5.41) is 2.55. The highest BCUT2D eigenvalue weighted by atomic mass is 16.5. The number of carbonyl (C=O) groups excluding carboxylic acids is 3. The second-order valence-corrected chi connectivity index (χ2v) is 6.36. The molecule has 0 aromatic heterocycles. The second kappa shape index (κ2) is 8.55. The van der Waals surface area contributed by atoms with Crippen molar-refractivity contribution in [2.45, 2.75) is 13.0 Å². The van der Waals surface area contributed by atoms with E-state index in [0.29, 0.717) is 18.8 Å². The van der Waals surface area contributed by atoms with Gasteiger partial charge in [0.25, 0.3) is 5.91 Å². The summed E-state index contributed by atoms with van der Waals surface area (Å²) in [5.74, 6) is -0.0631. The van der Waals surface area contributed by atoms with Gasteiger partial charge in [0.1, 0.15) is 11.8 Å². The molecule has 0 bridgehead atoms. The molecule has 8 nitrogen and oxygen atoms in total. The largest absolute Gasteiger partial charge is 0.484 e. The van der Waals surface area contributed by atoms with Gasteiger partial charge in [0.05, 0.1) is 6.54 Å². The molecular weight excluding hydrogens is 336 g/mol. The Balaban J connectivity index is 1.98. The maximum atomic E-state index is 12.5. The highest BCUT2D eigenvalue weighted by Gasteiger charge is 2.35. The zero-order valence-electron chi connectivity index (χ0n) is 15.7. The standard InChI is InChI=1S/C18H26N4O4/c1-13(23)22-9-8-21(11-16(22)18(25)19-2)17(24)12-26-15-7-5-6-14(10-15)20(3)4/h5-7,10,16H,8-9,11-12H2,1-4H3,(H,19,25)/t16-/m1/s1. The third kappa shape index (κ3) is 4.65. The lowest BCUT2D eigenvalue weighted by Gasteiger charge is -2.39. The van der Waals surface area contributed by atoms with Crippen LogP contribution in [0, 0.1) is 0 Å². The van der Waals surface area contributed by atoms with Gasteiger partial charge in [-0.25, -0.2) is 0 Å². The van der Waals surface area contributed by atoms with Crippen LogP contribution in [0.25, 0.3) is 0 Å². The molecule has 3 amide bonds. The highest BCUT2D eigenvalue weighted by molar-refractivity contribution is 5.88. The van der Waals surface area contributed by atoms with E-state index in [1.165, 1.54) is 18.9 Å². The molecule has 1 aromatic rings. The number of hydrogen-bond donors (Lipinski definition) is 1. The van der Waals surface area contributed by atoms with E-state index in [-0.39, 0.29) is 30.9 Å². The Bertz CT molecular complexity index is 677. The molecule has 8 heteroatoms. The Morgan fingerprint density at radius 2 is 2.00 bits per heavy atom. The first-order chi connectivity index (χ1) is 12.3. The summed E-state index contributed by atoms with van der Waals surface area (Å²) in [5.41, 5.74) is 0.977. The number of rotatable bonds is 5. The molecule has 26 heavy (non-hydrogen) atoms. The monoisotopic (exact) mass is 362 g/mol. The molecule has 0 aliphatic carbocycles. The molecule has 2 rings (SSSR count). The number of amides is 3. The molecule has 1 atom stereocenters. The topological polar surface area (TPSA) is 82.2 Å². The average Bonchev–Trinajstić information content (AvgIpc) is 2.65. The van der Waals surface area contributed by atoms with Crippen LogP contribution in [0.1, 0.15) is 6.92 Å². The number of carbonyl (C=O) groups is 3. The SMILES string of the molecule is CNC(=O)[C@H]1CN(C(=O)COc2cccc(N(C)C)c2)CCN1C(C)=O. The molecule has 1 aromatic carbocycles. The van der Waals surface area contributed by atoms with Crippen molar-refractivity contribution in [2.24, 2.45) is 0 Å². The van der Waals surface area contributed by atoms with Crippen molar-refractivity contribution >= 4 is 23.4 Å². The fraction of sp³-hybridized carbons (Fsp3) is 0.500. The first kappa shape index (κ1) is 19.6. The van der Waals surface area contributed by atoms with Crippen molar-refractivity contribution in [3.8, 4) is 5.75 Å². The summed E-state index contributed by atoms with van der Waals surface area (Å²) in [4.78, 5) is 41.3. The number of hydrogen-bond acceptors (Lipinski definition) is 5. The van der Waals surface area contributed by atoms with E-state index >= 15 is 0 Å². The summed E-state index contributed by atoms with van der Waals surface area (Å²) < 4.78 is 5.61. The van der Waals surface area contributed by atoms with E-state index in [1.807, 2.05) is 37.2 Å². The predicted molar refractivity (Wildman–Crippen MR) is 98.1 cm³/mol. The van der Waals surface area contributed by atoms with Crippen LogP contribution in [-0.2, 0) is 14.4 Å². The molecule has 0 radical (unpaired) electrons. The summed E-state index contributed by atoms with van der Waals surface area (Å²) >= 11 is 0. The van der Waals surface area contributed by atoms with Gasteiger partial charge in [-0.05, 0) is 12.1 Å². The molecular formula is C18H26N4O4. The highest BCUT2D eigenvalue weighted by Crippen LogP contribution is 2.19. The Morgan fingerprint density at radius 3 is 2.62 bits per heavy atom. The molecule has 1 aliphatic rings. The zero-order chi connectivity index (χ0) is 19.3. The third-order valence-electron chi connectivity index (χ3n) is 4.38. The number of nitrogens with zero attached hydrogens (tertiary/aromatic N) is 3. The van der Waals surface area contributed by atoms with Crippen LogP contribution in [0.3, 0.4) is 0 Å². The molecule has 1 saturated heterocycles. The molecule has 1 fully saturated rings. The van der Waals surface area contributed by atoms with Gasteiger partial charge >= 0.3 is 0 Å². The van der Waals surface area contributed by atoms with Crippen molar-refractivity contribution < 1.29 is 19.1 Å². The van der Waals surface area contributed by atoms with Crippen LogP contribution in [0.15, 0.2) is 24.3 Å². The Hall–Kier alpha value is -2.77. The summed E-state index contributed by atoms with van der Waals surface area (Å²) in [6, 6.07) is 6.79. The van der Waals surface area contributed by atoms with Crippen LogP contribution in [0.2, 0.25) is 0 Å². The van der Waals surface area contributed by atoms with E-state index < -0.39 is 6.04 Å². The third-order valence-corrected chi connectivity index (χ3v) is 4.38. The Morgan fingerprint density at radius 1 is 1.27 bits per heavy atom. The van der Waals surface area contributed by atoms with Crippen LogP contribution >= 0.6 is 0 Å². The average molecular weight is 362 g/mol. The van der Waals surface area contributed by atoms with Crippen molar-refractivity contribution in [3.63, 3.8) is 0 Å². The van der Waals surface area contributed by atoms with Gasteiger partial charge in [-0.3, -0.25) is 14.4 Å². The van der Waals surface area contributed by atoms with E-state index in [2.05, 4.69) is 5.32 Å². The lowest BCUT2D eigenvalue weighted by molar-refractivity contribution is -0.147. The Labute approximate surface area is 153 Å². The molecule has 142 valence electrons. The number of ether oxygens (including phenoxy) is 1. The van der Waals surface area contributed by atoms with Crippen molar-refractivity contribution in [2.75, 3.05) is 52.3 Å². The number of benzene rings is 1. The molecule has 0 saturated carbocycles. The fourth-order valence-electron chi connectivity index (χ4n) is 2.87. The molecule has 0 unspecified atom stereocenters. The number of likely N-dealkylation sites (N-methyl/N-ethyl adjacent to an activating group) is 1. The van der Waals surface area contributed by atoms with E-state index in [1.54, 1.807) is 11.0 Å².